The molecule has 0 unspecified atom stereocenters. The van der Waals surface area contributed by atoms with Gasteiger partial charge in [-0.2, -0.15) is 5.26 Å². The summed E-state index contributed by atoms with van der Waals surface area (Å²) in [7, 11) is 0. The van der Waals surface area contributed by atoms with Gasteiger partial charge in [0.1, 0.15) is 11.9 Å². The standard InChI is InChI=1S/C23H23N5O/c1-3-28(4-2)20-11-9-19(10-12-20)26-23(29)17-13-14-25-22(15-17)27-21-8-6-5-7-18(21)16-24/h5-15H,3-4H2,1-2H3,(H,25,27)(H,26,29). The number of amides is 1. The molecule has 1 amide bonds. The van der Waals surface area contributed by atoms with Gasteiger partial charge >= 0.3 is 0 Å². The number of aromatic nitrogens is 1. The Morgan fingerprint density at radius 2 is 1.79 bits per heavy atom. The zero-order valence-electron chi connectivity index (χ0n) is 16.5. The van der Waals surface area contributed by atoms with Gasteiger partial charge in [-0.15, -0.1) is 0 Å². The number of carbonyl (C=O) groups excluding carboxylic acids is 1. The molecular formula is C23H23N5O. The molecule has 0 bridgehead atoms. The minimum Gasteiger partial charge on any atom is -0.372 e. The Morgan fingerprint density at radius 3 is 2.48 bits per heavy atom. The van der Waals surface area contributed by atoms with Crippen LogP contribution in [0.3, 0.4) is 0 Å². The summed E-state index contributed by atoms with van der Waals surface area (Å²) < 4.78 is 0. The SMILES string of the molecule is CCN(CC)c1ccc(NC(=O)c2ccnc(Nc3ccccc3C#N)c2)cc1. The van der Waals surface area contributed by atoms with Gasteiger partial charge in [-0.25, -0.2) is 4.98 Å². The van der Waals surface area contributed by atoms with Crippen LogP contribution in [0, 0.1) is 11.3 Å². The van der Waals surface area contributed by atoms with Crippen molar-refractivity contribution in [3.8, 4) is 6.07 Å². The molecule has 3 aromatic rings. The van der Waals surface area contributed by atoms with Gasteiger partial charge in [0.05, 0.1) is 11.3 Å². The van der Waals surface area contributed by atoms with Gasteiger partial charge in [0.15, 0.2) is 0 Å². The van der Waals surface area contributed by atoms with Crippen molar-refractivity contribution in [3.63, 3.8) is 0 Å². The number of nitriles is 1. The van der Waals surface area contributed by atoms with Crippen LogP contribution in [0.15, 0.2) is 66.9 Å². The Morgan fingerprint density at radius 1 is 1.07 bits per heavy atom. The summed E-state index contributed by atoms with van der Waals surface area (Å²) in [5, 5.41) is 15.2. The summed E-state index contributed by atoms with van der Waals surface area (Å²) >= 11 is 0. The predicted octanol–water partition coefficient (Wildman–Crippen LogP) is 4.80. The fourth-order valence-corrected chi connectivity index (χ4v) is 3.02. The number of pyridine rings is 1. The van der Waals surface area contributed by atoms with Crippen molar-refractivity contribution >= 4 is 28.8 Å². The lowest BCUT2D eigenvalue weighted by atomic mass is 10.2. The molecule has 1 aromatic heterocycles. The molecule has 0 radical (unpaired) electrons. The van der Waals surface area contributed by atoms with E-state index in [0.29, 0.717) is 22.6 Å². The van der Waals surface area contributed by atoms with Crippen LogP contribution < -0.4 is 15.5 Å². The molecule has 3 rings (SSSR count). The number of nitrogens with zero attached hydrogens (tertiary/aromatic N) is 3. The normalized spacial score (nSPS) is 10.1. The highest BCUT2D eigenvalue weighted by Gasteiger charge is 2.09. The zero-order valence-corrected chi connectivity index (χ0v) is 16.5. The fraction of sp³-hybridized carbons (Fsp3) is 0.174. The Bertz CT molecular complexity index is 1020. The Hall–Kier alpha value is -3.85. The van der Waals surface area contributed by atoms with E-state index in [1.807, 2.05) is 30.3 Å². The molecule has 0 atom stereocenters. The van der Waals surface area contributed by atoms with Crippen LogP contribution in [0.2, 0.25) is 0 Å². The lowest BCUT2D eigenvalue weighted by molar-refractivity contribution is 0.102. The second kappa shape index (κ2) is 9.38. The number of hydrogen-bond donors (Lipinski definition) is 2. The first-order valence-electron chi connectivity index (χ1n) is 9.53. The maximum atomic E-state index is 12.6. The maximum absolute atomic E-state index is 12.6. The number of rotatable bonds is 7. The number of para-hydroxylation sites is 1. The van der Waals surface area contributed by atoms with E-state index in [1.165, 1.54) is 0 Å². The molecule has 2 N–H and O–H groups in total. The average Bonchev–Trinajstić information content (AvgIpc) is 2.76. The number of carbonyl (C=O) groups is 1. The van der Waals surface area contributed by atoms with Crippen molar-refractivity contribution in [1.29, 1.82) is 5.26 Å². The second-order valence-corrected chi connectivity index (χ2v) is 6.39. The second-order valence-electron chi connectivity index (χ2n) is 6.39. The summed E-state index contributed by atoms with van der Waals surface area (Å²) in [6, 6.07) is 20.4. The maximum Gasteiger partial charge on any atom is 0.255 e. The first kappa shape index (κ1) is 19.9. The lowest BCUT2D eigenvalue weighted by Gasteiger charge is -2.21. The average molecular weight is 385 g/mol. The van der Waals surface area contributed by atoms with Crippen molar-refractivity contribution in [2.75, 3.05) is 28.6 Å². The van der Waals surface area contributed by atoms with E-state index in [0.717, 1.165) is 24.5 Å². The highest BCUT2D eigenvalue weighted by Crippen LogP contribution is 2.21. The summed E-state index contributed by atoms with van der Waals surface area (Å²) in [4.78, 5) is 19.1. The van der Waals surface area contributed by atoms with E-state index in [4.69, 9.17) is 0 Å². The molecule has 6 heteroatoms. The summed E-state index contributed by atoms with van der Waals surface area (Å²) in [6.07, 6.45) is 1.57. The first-order chi connectivity index (χ1) is 14.1. The molecule has 1 heterocycles. The van der Waals surface area contributed by atoms with Gasteiger partial charge in [-0.3, -0.25) is 4.79 Å². The Kier molecular flexibility index (Phi) is 6.43. The monoisotopic (exact) mass is 385 g/mol. The third kappa shape index (κ3) is 4.90. The predicted molar refractivity (Wildman–Crippen MR) is 117 cm³/mol. The summed E-state index contributed by atoms with van der Waals surface area (Å²) in [5.41, 5.74) is 3.49. The third-order valence-corrected chi connectivity index (χ3v) is 4.59. The minimum absolute atomic E-state index is 0.223. The minimum atomic E-state index is -0.223. The van der Waals surface area contributed by atoms with E-state index in [2.05, 4.69) is 40.4 Å². The molecule has 146 valence electrons. The number of anilines is 4. The van der Waals surface area contributed by atoms with Crippen LogP contribution in [0.5, 0.6) is 0 Å². The van der Waals surface area contributed by atoms with E-state index < -0.39 is 0 Å². The van der Waals surface area contributed by atoms with E-state index in [9.17, 15) is 10.1 Å². The molecule has 0 spiro atoms. The Labute approximate surface area is 170 Å². The molecule has 0 aliphatic heterocycles. The molecule has 0 fully saturated rings. The van der Waals surface area contributed by atoms with Crippen molar-refractivity contribution < 1.29 is 4.79 Å². The smallest absolute Gasteiger partial charge is 0.255 e. The molecule has 0 aliphatic rings. The number of nitrogens with one attached hydrogen (secondary N) is 2. The highest BCUT2D eigenvalue weighted by molar-refractivity contribution is 6.04. The topological polar surface area (TPSA) is 81.1 Å². The van der Waals surface area contributed by atoms with E-state index in [1.54, 1.807) is 36.5 Å². The van der Waals surface area contributed by atoms with Crippen LogP contribution in [0.25, 0.3) is 0 Å². The van der Waals surface area contributed by atoms with Gasteiger partial charge in [-0.1, -0.05) is 12.1 Å². The van der Waals surface area contributed by atoms with E-state index >= 15 is 0 Å². The van der Waals surface area contributed by atoms with Crippen molar-refractivity contribution in [3.05, 3.63) is 78.0 Å². The third-order valence-electron chi connectivity index (χ3n) is 4.59. The van der Waals surface area contributed by atoms with Crippen molar-refractivity contribution in [1.82, 2.24) is 4.98 Å². The van der Waals surface area contributed by atoms with Gasteiger partial charge < -0.3 is 15.5 Å². The van der Waals surface area contributed by atoms with Gasteiger partial charge in [0, 0.05) is 36.2 Å². The van der Waals surface area contributed by atoms with Crippen molar-refractivity contribution in [2.45, 2.75) is 13.8 Å². The zero-order chi connectivity index (χ0) is 20.6. The molecule has 0 saturated carbocycles. The van der Waals surface area contributed by atoms with Crippen LogP contribution >= 0.6 is 0 Å². The highest BCUT2D eigenvalue weighted by atomic mass is 16.1. The van der Waals surface area contributed by atoms with Crippen LogP contribution in [0.1, 0.15) is 29.8 Å². The molecule has 29 heavy (non-hydrogen) atoms. The Balaban J connectivity index is 1.72. The molecule has 2 aromatic carbocycles. The molecule has 0 saturated heterocycles. The largest absolute Gasteiger partial charge is 0.372 e. The molecule has 6 nitrogen and oxygen atoms in total. The fourth-order valence-electron chi connectivity index (χ4n) is 3.02. The van der Waals surface area contributed by atoms with Gasteiger partial charge in [0.25, 0.3) is 5.91 Å². The van der Waals surface area contributed by atoms with Gasteiger partial charge in [-0.05, 0) is 62.4 Å². The summed E-state index contributed by atoms with van der Waals surface area (Å²) in [5.74, 6) is 0.275. The summed E-state index contributed by atoms with van der Waals surface area (Å²) in [6.45, 7) is 6.10. The van der Waals surface area contributed by atoms with Crippen LogP contribution in [-0.4, -0.2) is 24.0 Å². The first-order valence-corrected chi connectivity index (χ1v) is 9.53. The molecular weight excluding hydrogens is 362 g/mol. The van der Waals surface area contributed by atoms with Crippen LogP contribution in [0.4, 0.5) is 22.9 Å². The number of hydrogen-bond acceptors (Lipinski definition) is 5. The van der Waals surface area contributed by atoms with Crippen molar-refractivity contribution in [2.24, 2.45) is 0 Å². The lowest BCUT2D eigenvalue weighted by Crippen LogP contribution is -2.21. The van der Waals surface area contributed by atoms with Crippen LogP contribution in [-0.2, 0) is 0 Å². The molecule has 0 aliphatic carbocycles. The number of benzene rings is 2. The quantitative estimate of drug-likeness (QED) is 0.611. The van der Waals surface area contributed by atoms with Gasteiger partial charge in [0.2, 0.25) is 0 Å². The van der Waals surface area contributed by atoms with E-state index in [-0.39, 0.29) is 5.91 Å².